The van der Waals surface area contributed by atoms with E-state index in [9.17, 15) is 14.2 Å². The molecule has 1 aromatic carbocycles. The van der Waals surface area contributed by atoms with Crippen LogP contribution in [0.15, 0.2) is 23.1 Å². The van der Waals surface area contributed by atoms with E-state index in [0.29, 0.717) is 11.2 Å². The quantitative estimate of drug-likeness (QED) is 0.447. The molecular formula is C23H31FN3O5P. The number of anilines is 1. The Balaban J connectivity index is 1.72. The van der Waals surface area contributed by atoms with Crippen LogP contribution in [-0.2, 0) is 4.57 Å². The number of amides is 1. The fraction of sp³-hybridized carbons (Fsp3) is 0.565. The highest BCUT2D eigenvalue weighted by atomic mass is 31.2. The molecule has 10 heteroatoms. The first kappa shape index (κ1) is 23.9. The maximum Gasteiger partial charge on any atom is 0.327 e. The van der Waals surface area contributed by atoms with Gasteiger partial charge < -0.3 is 25.0 Å². The van der Waals surface area contributed by atoms with Crippen LogP contribution >= 0.6 is 7.60 Å². The second-order valence-electron chi connectivity index (χ2n) is 9.19. The van der Waals surface area contributed by atoms with Gasteiger partial charge in [-0.3, -0.25) is 14.2 Å². The Labute approximate surface area is 191 Å². The second kappa shape index (κ2) is 9.95. The van der Waals surface area contributed by atoms with Gasteiger partial charge in [0.15, 0.2) is 0 Å². The number of fused-ring (bicyclic) bond motifs is 1. The molecule has 180 valence electrons. The van der Waals surface area contributed by atoms with Crippen LogP contribution < -0.4 is 16.1 Å². The predicted molar refractivity (Wildman–Crippen MR) is 125 cm³/mol. The van der Waals surface area contributed by atoms with Crippen LogP contribution in [-0.4, -0.2) is 39.0 Å². The number of aromatic nitrogens is 1. The molecule has 33 heavy (non-hydrogen) atoms. The summed E-state index contributed by atoms with van der Waals surface area (Å²) in [6, 6.07) is 3.20. The monoisotopic (exact) mass is 479 g/mol. The van der Waals surface area contributed by atoms with Crippen LogP contribution in [0.4, 0.5) is 10.1 Å². The number of hydrogen-bond donors (Lipinski definition) is 4. The lowest BCUT2D eigenvalue weighted by atomic mass is 9.95. The third kappa shape index (κ3) is 5.65. The van der Waals surface area contributed by atoms with Crippen molar-refractivity contribution in [3.8, 4) is 0 Å². The third-order valence-corrected chi connectivity index (χ3v) is 7.54. The fourth-order valence-electron chi connectivity index (χ4n) is 5.00. The molecule has 2 fully saturated rings. The third-order valence-electron chi connectivity index (χ3n) is 6.74. The Morgan fingerprint density at radius 2 is 1.76 bits per heavy atom. The van der Waals surface area contributed by atoms with Crippen LogP contribution in [0.2, 0.25) is 0 Å². The summed E-state index contributed by atoms with van der Waals surface area (Å²) in [5.74, 6) is -1.24. The van der Waals surface area contributed by atoms with E-state index >= 15 is 4.39 Å². The summed E-state index contributed by atoms with van der Waals surface area (Å²) in [5, 5.41) is 5.86. The molecule has 0 aliphatic heterocycles. The first-order chi connectivity index (χ1) is 15.7. The van der Waals surface area contributed by atoms with Gasteiger partial charge in [0.05, 0.1) is 17.4 Å². The minimum atomic E-state index is -4.27. The van der Waals surface area contributed by atoms with Crippen molar-refractivity contribution >= 4 is 30.1 Å². The van der Waals surface area contributed by atoms with Gasteiger partial charge in [0.2, 0.25) is 5.43 Å². The van der Waals surface area contributed by atoms with Gasteiger partial charge in [-0.15, -0.1) is 0 Å². The Morgan fingerprint density at radius 1 is 1.09 bits per heavy atom. The van der Waals surface area contributed by atoms with Crippen LogP contribution in [0.3, 0.4) is 0 Å². The summed E-state index contributed by atoms with van der Waals surface area (Å²) in [6.45, 7) is -0.261. The fourth-order valence-corrected chi connectivity index (χ4v) is 5.41. The van der Waals surface area contributed by atoms with E-state index in [-0.39, 0.29) is 29.6 Å². The van der Waals surface area contributed by atoms with Gasteiger partial charge in [-0.2, -0.15) is 0 Å². The Hall–Kier alpha value is -2.22. The molecule has 8 nitrogen and oxygen atoms in total. The first-order valence-electron chi connectivity index (χ1n) is 11.7. The van der Waals surface area contributed by atoms with Gasteiger partial charge in [0, 0.05) is 30.2 Å². The Bertz CT molecular complexity index is 1130. The summed E-state index contributed by atoms with van der Waals surface area (Å²) in [7, 11) is -4.27. The first-order valence-corrected chi connectivity index (χ1v) is 13.5. The molecule has 1 aromatic heterocycles. The van der Waals surface area contributed by atoms with Gasteiger partial charge in [0.25, 0.3) is 5.91 Å². The summed E-state index contributed by atoms with van der Waals surface area (Å²) >= 11 is 0. The minimum Gasteiger partial charge on any atom is -0.380 e. The standard InChI is InChI=1S/C23H31FN3O5P/c24-19-12-17-21(13-20(19)26-15-6-2-1-3-7-15)27(16-8-4-5-9-16)14-18(22(17)28)23(29)25-10-11-33(30,31)32/h12-16,26H,1-11H2,(H,25,29)(H2,30,31,32). The largest absolute Gasteiger partial charge is 0.380 e. The average Bonchev–Trinajstić information content (AvgIpc) is 3.29. The molecule has 0 unspecified atom stereocenters. The number of halogens is 1. The molecule has 2 aliphatic rings. The van der Waals surface area contributed by atoms with E-state index in [0.717, 1.165) is 51.4 Å². The number of hydrogen-bond acceptors (Lipinski definition) is 4. The molecule has 2 aromatic rings. The maximum absolute atomic E-state index is 15.0. The van der Waals surface area contributed by atoms with Gasteiger partial charge >= 0.3 is 7.60 Å². The van der Waals surface area contributed by atoms with E-state index < -0.39 is 30.9 Å². The van der Waals surface area contributed by atoms with Crippen molar-refractivity contribution in [2.45, 2.75) is 69.9 Å². The number of nitrogens with zero attached hydrogens (tertiary/aromatic N) is 1. The van der Waals surface area contributed by atoms with E-state index in [2.05, 4.69) is 10.6 Å². The van der Waals surface area contributed by atoms with Gasteiger partial charge in [-0.05, 0) is 37.8 Å². The summed E-state index contributed by atoms with van der Waals surface area (Å²) in [6.07, 6.45) is 10.3. The number of carbonyl (C=O) groups is 1. The zero-order valence-corrected chi connectivity index (χ0v) is 19.5. The van der Waals surface area contributed by atoms with E-state index in [1.54, 1.807) is 6.07 Å². The normalized spacial score (nSPS) is 18.0. The van der Waals surface area contributed by atoms with Crippen molar-refractivity contribution in [1.29, 1.82) is 0 Å². The van der Waals surface area contributed by atoms with E-state index in [1.807, 2.05) is 4.57 Å². The molecule has 4 N–H and O–H groups in total. The summed E-state index contributed by atoms with van der Waals surface area (Å²) < 4.78 is 28.0. The maximum atomic E-state index is 15.0. The van der Waals surface area contributed by atoms with E-state index in [4.69, 9.17) is 9.79 Å². The van der Waals surface area contributed by atoms with Gasteiger partial charge in [0.1, 0.15) is 11.4 Å². The zero-order chi connectivity index (χ0) is 23.6. The average molecular weight is 479 g/mol. The Morgan fingerprint density at radius 3 is 2.42 bits per heavy atom. The number of benzene rings is 1. The van der Waals surface area contributed by atoms with Gasteiger partial charge in [-0.25, -0.2) is 4.39 Å². The van der Waals surface area contributed by atoms with Crippen LogP contribution in [0.1, 0.15) is 74.2 Å². The van der Waals surface area contributed by atoms with Gasteiger partial charge in [-0.1, -0.05) is 32.1 Å². The topological polar surface area (TPSA) is 121 Å². The number of rotatable bonds is 7. The molecule has 0 saturated heterocycles. The summed E-state index contributed by atoms with van der Waals surface area (Å²) in [4.78, 5) is 43.8. The second-order valence-corrected chi connectivity index (χ2v) is 11.0. The molecule has 0 radical (unpaired) electrons. The van der Waals surface area contributed by atoms with Crippen molar-refractivity contribution in [2.75, 3.05) is 18.0 Å². The number of carbonyl (C=O) groups excluding carboxylic acids is 1. The zero-order valence-electron chi connectivity index (χ0n) is 18.6. The van der Waals surface area contributed by atoms with E-state index in [1.165, 1.54) is 18.7 Å². The Kier molecular flexibility index (Phi) is 7.22. The lowest BCUT2D eigenvalue weighted by molar-refractivity contribution is 0.0954. The highest BCUT2D eigenvalue weighted by Crippen LogP contribution is 2.34. The van der Waals surface area contributed by atoms with Crippen LogP contribution in [0.25, 0.3) is 10.9 Å². The van der Waals surface area contributed by atoms with Crippen molar-refractivity contribution in [1.82, 2.24) is 9.88 Å². The van der Waals surface area contributed by atoms with Crippen LogP contribution in [0, 0.1) is 5.82 Å². The molecule has 0 bridgehead atoms. The lowest BCUT2D eigenvalue weighted by Crippen LogP contribution is -2.32. The summed E-state index contributed by atoms with van der Waals surface area (Å²) in [5.41, 5.74) is 0.237. The molecule has 2 aliphatic carbocycles. The molecule has 1 amide bonds. The molecular weight excluding hydrogens is 448 g/mol. The predicted octanol–water partition coefficient (Wildman–Crippen LogP) is 3.91. The van der Waals surface area contributed by atoms with Crippen LogP contribution in [0.5, 0.6) is 0 Å². The smallest absolute Gasteiger partial charge is 0.327 e. The number of nitrogens with one attached hydrogen (secondary N) is 2. The molecule has 2 saturated carbocycles. The highest BCUT2D eigenvalue weighted by molar-refractivity contribution is 7.51. The lowest BCUT2D eigenvalue weighted by Gasteiger charge is -2.25. The minimum absolute atomic E-state index is 0.0998. The van der Waals surface area contributed by atoms with Crippen molar-refractivity contribution < 1.29 is 23.5 Å². The van der Waals surface area contributed by atoms with Crippen molar-refractivity contribution in [3.05, 3.63) is 39.9 Å². The molecule has 1 heterocycles. The molecule has 0 spiro atoms. The molecule has 4 rings (SSSR count). The van der Waals surface area contributed by atoms with Crippen molar-refractivity contribution in [2.24, 2.45) is 0 Å². The SMILES string of the molecule is O=C(NCCP(=O)(O)O)c1cn(C2CCCC2)c2cc(NC3CCCCC3)c(F)cc2c1=O. The molecule has 0 atom stereocenters. The van der Waals surface area contributed by atoms with Crippen molar-refractivity contribution in [3.63, 3.8) is 0 Å². The highest BCUT2D eigenvalue weighted by Gasteiger charge is 2.24. The number of pyridine rings is 1.